The van der Waals surface area contributed by atoms with Crippen LogP contribution >= 0.6 is 0 Å². The highest BCUT2D eigenvalue weighted by molar-refractivity contribution is 5.97. The molecule has 0 spiro atoms. The Balaban J connectivity index is 1.99. The molecule has 0 saturated carbocycles. The first-order valence-electron chi connectivity index (χ1n) is 8.59. The third kappa shape index (κ3) is 5.05. The first-order valence-corrected chi connectivity index (χ1v) is 8.59. The number of benzene rings is 2. The lowest BCUT2D eigenvalue weighted by Crippen LogP contribution is -2.24. The molecule has 0 unspecified atom stereocenters. The monoisotopic (exact) mass is 323 g/mol. The van der Waals surface area contributed by atoms with E-state index in [9.17, 15) is 9.59 Å². The number of hydrogen-bond donors (Lipinski definition) is 1. The van der Waals surface area contributed by atoms with Gasteiger partial charge in [0, 0.05) is 18.5 Å². The smallest absolute Gasteiger partial charge is 0.224 e. The summed E-state index contributed by atoms with van der Waals surface area (Å²) in [5.74, 6) is 0.183. The van der Waals surface area contributed by atoms with Crippen LogP contribution in [0.3, 0.4) is 0 Å². The van der Waals surface area contributed by atoms with Crippen molar-refractivity contribution in [3.05, 3.63) is 70.8 Å². The van der Waals surface area contributed by atoms with Gasteiger partial charge in [0.15, 0.2) is 5.78 Å². The van der Waals surface area contributed by atoms with Crippen molar-refractivity contribution in [1.82, 2.24) is 5.32 Å². The standard InChI is InChI=1S/C21H25NO2/c1-3-8-20(23)19-12-11-17(13-18(19)4-2)14-21(24)22-15-16-9-6-5-7-10-16/h5-7,9-13H,3-4,8,14-15H2,1-2H3,(H,22,24). The van der Waals surface area contributed by atoms with Crippen molar-refractivity contribution in [1.29, 1.82) is 0 Å². The molecule has 3 heteroatoms. The lowest BCUT2D eigenvalue weighted by molar-refractivity contribution is -0.120. The fourth-order valence-electron chi connectivity index (χ4n) is 2.73. The predicted molar refractivity (Wildman–Crippen MR) is 97.1 cm³/mol. The summed E-state index contributed by atoms with van der Waals surface area (Å²) < 4.78 is 0. The lowest BCUT2D eigenvalue weighted by atomic mass is 9.96. The summed E-state index contributed by atoms with van der Waals surface area (Å²) in [5, 5.41) is 2.94. The maximum Gasteiger partial charge on any atom is 0.224 e. The molecule has 0 aliphatic heterocycles. The number of rotatable bonds is 8. The molecule has 2 aromatic carbocycles. The van der Waals surface area contributed by atoms with E-state index in [2.05, 4.69) is 5.32 Å². The Morgan fingerprint density at radius 1 is 0.958 bits per heavy atom. The fraction of sp³-hybridized carbons (Fsp3) is 0.333. The van der Waals surface area contributed by atoms with Crippen LogP contribution in [0.4, 0.5) is 0 Å². The largest absolute Gasteiger partial charge is 0.352 e. The molecular formula is C21H25NO2. The highest BCUT2D eigenvalue weighted by atomic mass is 16.1. The van der Waals surface area contributed by atoms with Crippen LogP contribution in [0.5, 0.6) is 0 Å². The van der Waals surface area contributed by atoms with Crippen LogP contribution in [0.2, 0.25) is 0 Å². The van der Waals surface area contributed by atoms with E-state index in [-0.39, 0.29) is 11.7 Å². The molecule has 0 atom stereocenters. The zero-order valence-corrected chi connectivity index (χ0v) is 14.5. The summed E-state index contributed by atoms with van der Waals surface area (Å²) in [4.78, 5) is 24.3. The number of carbonyl (C=O) groups excluding carboxylic acids is 2. The van der Waals surface area contributed by atoms with E-state index in [1.165, 1.54) is 0 Å². The first kappa shape index (κ1) is 17.9. The van der Waals surface area contributed by atoms with Crippen molar-refractivity contribution in [3.8, 4) is 0 Å². The van der Waals surface area contributed by atoms with Gasteiger partial charge in [0.05, 0.1) is 6.42 Å². The molecule has 1 N–H and O–H groups in total. The Hall–Kier alpha value is -2.42. The fourth-order valence-corrected chi connectivity index (χ4v) is 2.73. The van der Waals surface area contributed by atoms with Crippen molar-refractivity contribution in [2.45, 2.75) is 46.1 Å². The van der Waals surface area contributed by atoms with E-state index in [0.29, 0.717) is 19.4 Å². The minimum absolute atomic E-state index is 0.00598. The Kier molecular flexibility index (Phi) is 6.74. The molecule has 0 bridgehead atoms. The SMILES string of the molecule is CCCC(=O)c1ccc(CC(=O)NCc2ccccc2)cc1CC. The van der Waals surface area contributed by atoms with Crippen LogP contribution in [0.1, 0.15) is 53.7 Å². The Morgan fingerprint density at radius 2 is 1.71 bits per heavy atom. The molecular weight excluding hydrogens is 298 g/mol. The van der Waals surface area contributed by atoms with Crippen LogP contribution in [0, 0.1) is 0 Å². The van der Waals surface area contributed by atoms with Crippen molar-refractivity contribution in [2.24, 2.45) is 0 Å². The third-order valence-electron chi connectivity index (χ3n) is 4.03. The normalized spacial score (nSPS) is 10.4. The molecule has 1 amide bonds. The zero-order valence-electron chi connectivity index (χ0n) is 14.5. The van der Waals surface area contributed by atoms with Crippen LogP contribution < -0.4 is 5.32 Å². The average Bonchev–Trinajstić information content (AvgIpc) is 2.61. The number of amides is 1. The zero-order chi connectivity index (χ0) is 17.4. The summed E-state index contributed by atoms with van der Waals surface area (Å²) >= 11 is 0. The molecule has 24 heavy (non-hydrogen) atoms. The number of ketones is 1. The first-order chi connectivity index (χ1) is 11.6. The molecule has 0 radical (unpaired) electrons. The third-order valence-corrected chi connectivity index (χ3v) is 4.03. The second kappa shape index (κ2) is 9.02. The van der Waals surface area contributed by atoms with Crippen LogP contribution in [0.15, 0.2) is 48.5 Å². The van der Waals surface area contributed by atoms with Gasteiger partial charge in [-0.15, -0.1) is 0 Å². The maximum atomic E-state index is 12.1. The van der Waals surface area contributed by atoms with Crippen LogP contribution in [0.25, 0.3) is 0 Å². The Labute approximate surface area is 144 Å². The molecule has 3 nitrogen and oxygen atoms in total. The second-order valence-corrected chi connectivity index (χ2v) is 5.96. The van der Waals surface area contributed by atoms with Gasteiger partial charge in [-0.1, -0.05) is 62.4 Å². The molecule has 2 rings (SSSR count). The van der Waals surface area contributed by atoms with Gasteiger partial charge < -0.3 is 5.32 Å². The van der Waals surface area contributed by atoms with Gasteiger partial charge >= 0.3 is 0 Å². The summed E-state index contributed by atoms with van der Waals surface area (Å²) in [6.45, 7) is 4.58. The van der Waals surface area contributed by atoms with Crippen molar-refractivity contribution >= 4 is 11.7 Å². The van der Waals surface area contributed by atoms with Crippen molar-refractivity contribution < 1.29 is 9.59 Å². The maximum absolute atomic E-state index is 12.1. The second-order valence-electron chi connectivity index (χ2n) is 5.96. The lowest BCUT2D eigenvalue weighted by Gasteiger charge is -2.10. The van der Waals surface area contributed by atoms with E-state index in [0.717, 1.165) is 35.1 Å². The Bertz CT molecular complexity index is 692. The van der Waals surface area contributed by atoms with Gasteiger partial charge in [-0.2, -0.15) is 0 Å². The number of Topliss-reactive ketones (excluding diaryl/α,β-unsaturated/α-hetero) is 1. The van der Waals surface area contributed by atoms with E-state index in [1.807, 2.05) is 62.4 Å². The van der Waals surface area contributed by atoms with Gasteiger partial charge in [0.25, 0.3) is 0 Å². The molecule has 0 aromatic heterocycles. The quantitative estimate of drug-likeness (QED) is 0.744. The van der Waals surface area contributed by atoms with Crippen molar-refractivity contribution in [2.75, 3.05) is 0 Å². The number of hydrogen-bond acceptors (Lipinski definition) is 2. The van der Waals surface area contributed by atoms with Crippen molar-refractivity contribution in [3.63, 3.8) is 0 Å². The van der Waals surface area contributed by atoms with E-state index in [1.54, 1.807) is 0 Å². The van der Waals surface area contributed by atoms with Crippen LogP contribution in [-0.2, 0) is 24.2 Å². The number of carbonyl (C=O) groups is 2. The molecule has 0 saturated heterocycles. The van der Waals surface area contributed by atoms with E-state index >= 15 is 0 Å². The van der Waals surface area contributed by atoms with Gasteiger partial charge in [-0.3, -0.25) is 9.59 Å². The molecule has 0 aliphatic carbocycles. The molecule has 0 heterocycles. The average molecular weight is 323 g/mol. The minimum Gasteiger partial charge on any atom is -0.352 e. The highest BCUT2D eigenvalue weighted by Crippen LogP contribution is 2.16. The van der Waals surface area contributed by atoms with Gasteiger partial charge in [0.2, 0.25) is 5.91 Å². The van der Waals surface area contributed by atoms with E-state index in [4.69, 9.17) is 0 Å². The summed E-state index contributed by atoms with van der Waals surface area (Å²) in [7, 11) is 0. The van der Waals surface area contributed by atoms with Gasteiger partial charge in [-0.25, -0.2) is 0 Å². The highest BCUT2D eigenvalue weighted by Gasteiger charge is 2.11. The summed E-state index contributed by atoms with van der Waals surface area (Å²) in [6.07, 6.45) is 2.56. The van der Waals surface area contributed by atoms with Crippen LogP contribution in [-0.4, -0.2) is 11.7 Å². The van der Waals surface area contributed by atoms with Gasteiger partial charge in [0.1, 0.15) is 0 Å². The Morgan fingerprint density at radius 3 is 2.38 bits per heavy atom. The number of aryl methyl sites for hydroxylation is 1. The molecule has 2 aromatic rings. The minimum atomic E-state index is -0.00598. The molecule has 126 valence electrons. The van der Waals surface area contributed by atoms with E-state index < -0.39 is 0 Å². The molecule has 0 aliphatic rings. The predicted octanol–water partition coefficient (Wildman–Crippen LogP) is 4.09. The topological polar surface area (TPSA) is 46.2 Å². The number of nitrogens with one attached hydrogen (secondary N) is 1. The summed E-state index contributed by atoms with van der Waals surface area (Å²) in [6, 6.07) is 15.6. The van der Waals surface area contributed by atoms with Gasteiger partial charge in [-0.05, 0) is 29.5 Å². The summed E-state index contributed by atoms with van der Waals surface area (Å²) in [5.41, 5.74) is 3.86. The molecule has 0 fully saturated rings.